The topological polar surface area (TPSA) is 219 Å². The Labute approximate surface area is 359 Å². The van der Waals surface area contributed by atoms with Crippen LogP contribution < -0.4 is 21.3 Å². The normalized spacial score (nSPS) is 22.1. The lowest BCUT2D eigenvalue weighted by atomic mass is 9.90. The number of nitrogens with two attached hydrogens (primary N) is 1. The molecule has 0 aliphatic carbocycles. The van der Waals surface area contributed by atoms with Gasteiger partial charge in [0.1, 0.15) is 11.4 Å². The number of carboxylic acids is 1. The predicted octanol–water partition coefficient (Wildman–Crippen LogP) is 3.06. The third-order valence-electron chi connectivity index (χ3n) is 12.5. The van der Waals surface area contributed by atoms with Gasteiger partial charge in [0.25, 0.3) is 11.8 Å². The molecule has 0 saturated carbocycles. The maximum Gasteiger partial charge on any atom is 0.433 e. The number of carbonyl (C=O) groups is 4. The van der Waals surface area contributed by atoms with Crippen LogP contribution in [-0.2, 0) is 22.2 Å². The van der Waals surface area contributed by atoms with E-state index in [0.29, 0.717) is 69.1 Å². The Morgan fingerprint density at radius 1 is 0.968 bits per heavy atom. The molecule has 4 fully saturated rings. The van der Waals surface area contributed by atoms with Crippen molar-refractivity contribution in [3.63, 3.8) is 0 Å². The average molecular weight is 882 g/mol. The number of aromatic amines is 2. The van der Waals surface area contributed by atoms with Crippen LogP contribution in [0.3, 0.4) is 0 Å². The lowest BCUT2D eigenvalue weighted by molar-refractivity contribution is -0.929. The number of quaternary nitrogens is 1. The number of likely N-dealkylation sites (tertiary alicyclic amines) is 1. The van der Waals surface area contributed by atoms with Gasteiger partial charge in [-0.05, 0) is 36.8 Å². The first-order valence-corrected chi connectivity index (χ1v) is 21.1. The van der Waals surface area contributed by atoms with E-state index in [2.05, 4.69) is 40.7 Å². The molecule has 4 aliphatic rings. The van der Waals surface area contributed by atoms with E-state index in [4.69, 9.17) is 17.3 Å². The maximum atomic E-state index is 14.1. The van der Waals surface area contributed by atoms with Crippen molar-refractivity contribution in [1.82, 2.24) is 40.3 Å². The van der Waals surface area contributed by atoms with Gasteiger partial charge < -0.3 is 45.6 Å². The second-order valence-electron chi connectivity index (χ2n) is 16.8. The number of nitrogens with zero attached hydrogens (tertiary/aromatic N) is 7. The Morgan fingerprint density at radius 2 is 1.71 bits per heavy atom. The number of piperazine rings is 1. The summed E-state index contributed by atoms with van der Waals surface area (Å²) in [5.41, 5.74) is 6.57. The van der Waals surface area contributed by atoms with E-state index in [9.17, 15) is 37.5 Å². The van der Waals surface area contributed by atoms with E-state index in [1.54, 1.807) is 28.1 Å². The van der Waals surface area contributed by atoms with Crippen molar-refractivity contribution in [1.29, 1.82) is 0 Å². The first kappa shape index (κ1) is 43.1. The second kappa shape index (κ2) is 17.7. The number of hydrogen-bond acceptors (Lipinski definition) is 10. The van der Waals surface area contributed by atoms with Gasteiger partial charge in [0, 0.05) is 113 Å². The Kier molecular flexibility index (Phi) is 12.3. The number of piperidine rings is 1. The van der Waals surface area contributed by atoms with Crippen LogP contribution in [0.4, 0.5) is 24.5 Å². The van der Waals surface area contributed by atoms with Gasteiger partial charge in [-0.3, -0.25) is 24.5 Å². The number of H-pyrrole nitrogens is 2. The Balaban J connectivity index is 0.851. The summed E-state index contributed by atoms with van der Waals surface area (Å²) in [4.78, 5) is 68.7. The van der Waals surface area contributed by atoms with Crippen LogP contribution in [0.2, 0.25) is 5.02 Å². The summed E-state index contributed by atoms with van der Waals surface area (Å²) in [5.74, 6) is -1.68. The van der Waals surface area contributed by atoms with Crippen molar-refractivity contribution in [3.05, 3.63) is 76.1 Å². The zero-order chi connectivity index (χ0) is 43.8. The number of alkyl halides is 3. The number of pyridine rings is 1. The summed E-state index contributed by atoms with van der Waals surface area (Å²) in [6, 6.07) is 7.86. The van der Waals surface area contributed by atoms with E-state index in [1.807, 2.05) is 0 Å². The number of carbonyl (C=O) groups excluding carboxylic acids is 3. The molecular formula is C41H49ClF3N12O5+. The zero-order valence-electron chi connectivity index (χ0n) is 33.9. The predicted molar refractivity (Wildman–Crippen MR) is 221 cm³/mol. The number of anilines is 2. The van der Waals surface area contributed by atoms with Crippen LogP contribution in [0, 0.1) is 11.8 Å². The molecule has 17 nitrogen and oxygen atoms in total. The summed E-state index contributed by atoms with van der Waals surface area (Å²) >= 11 is 6.56. The SMILES string of the molecule is N[C@H]1CCN(c2ccc(-c3n[nH]c(C(F)(F)F)c3Cc3cnc(C(=O)Nc4ccc(C(=O)N5CCN(C(=O)C6CC[N+](CC(=O)O)(CC7CNC7)CC6)CC5)c(Cl)c4)[nH]3)nc2)C1. The molecular weight excluding hydrogens is 833 g/mol. The van der Waals surface area contributed by atoms with E-state index < -0.39 is 23.7 Å². The molecule has 1 aromatic carbocycles. The first-order valence-electron chi connectivity index (χ1n) is 20.8. The fourth-order valence-corrected chi connectivity index (χ4v) is 9.33. The average Bonchev–Trinajstić information content (AvgIpc) is 4.00. The van der Waals surface area contributed by atoms with Crippen molar-refractivity contribution in [2.24, 2.45) is 17.6 Å². The smallest absolute Gasteiger partial charge is 0.433 e. The number of carboxylic acid groups (broad SMARTS) is 1. The lowest BCUT2D eigenvalue weighted by Gasteiger charge is -2.46. The molecule has 7 heterocycles. The molecule has 4 saturated heterocycles. The summed E-state index contributed by atoms with van der Waals surface area (Å²) in [5, 5.41) is 21.7. The van der Waals surface area contributed by atoms with Crippen molar-refractivity contribution < 1.29 is 41.9 Å². The van der Waals surface area contributed by atoms with Gasteiger partial charge in [-0.15, -0.1) is 0 Å². The molecule has 21 heteroatoms. The largest absolute Gasteiger partial charge is 0.477 e. The van der Waals surface area contributed by atoms with E-state index >= 15 is 0 Å². The lowest BCUT2D eigenvalue weighted by Crippen LogP contribution is -2.62. The highest BCUT2D eigenvalue weighted by atomic mass is 35.5. The van der Waals surface area contributed by atoms with Crippen LogP contribution >= 0.6 is 11.6 Å². The molecule has 4 aliphatic heterocycles. The number of aliphatic carboxylic acids is 1. The van der Waals surface area contributed by atoms with Gasteiger partial charge in [-0.25, -0.2) is 9.78 Å². The molecule has 62 heavy (non-hydrogen) atoms. The number of aromatic nitrogens is 5. The molecule has 4 aromatic rings. The van der Waals surface area contributed by atoms with Crippen molar-refractivity contribution in [2.75, 3.05) is 88.8 Å². The molecule has 0 spiro atoms. The third kappa shape index (κ3) is 9.42. The number of benzene rings is 1. The second-order valence-corrected chi connectivity index (χ2v) is 17.2. The number of amides is 3. The minimum Gasteiger partial charge on any atom is -0.477 e. The van der Waals surface area contributed by atoms with E-state index in [-0.39, 0.29) is 81.5 Å². The van der Waals surface area contributed by atoms with Crippen LogP contribution in [0.1, 0.15) is 57.2 Å². The maximum absolute atomic E-state index is 14.1. The minimum absolute atomic E-state index is 0.0144. The fourth-order valence-electron chi connectivity index (χ4n) is 9.07. The van der Waals surface area contributed by atoms with Gasteiger partial charge in [-0.1, -0.05) is 11.6 Å². The van der Waals surface area contributed by atoms with Crippen LogP contribution in [-0.4, -0.2) is 153 Å². The van der Waals surface area contributed by atoms with Gasteiger partial charge in [0.2, 0.25) is 5.91 Å². The number of rotatable bonds is 12. The molecule has 3 aromatic heterocycles. The number of hydrogen-bond donors (Lipinski definition) is 6. The molecule has 0 radical (unpaired) electrons. The monoisotopic (exact) mass is 881 g/mol. The molecule has 0 bridgehead atoms. The molecule has 0 unspecified atom stereocenters. The Bertz CT molecular complexity index is 2300. The highest BCUT2D eigenvalue weighted by Gasteiger charge is 2.42. The van der Waals surface area contributed by atoms with Crippen LogP contribution in [0.25, 0.3) is 11.4 Å². The number of halogens is 4. The molecule has 330 valence electrons. The van der Waals surface area contributed by atoms with Crippen LogP contribution in [0.5, 0.6) is 0 Å². The van der Waals surface area contributed by atoms with E-state index in [1.165, 1.54) is 24.4 Å². The highest BCUT2D eigenvalue weighted by molar-refractivity contribution is 6.34. The third-order valence-corrected chi connectivity index (χ3v) is 12.8. The highest BCUT2D eigenvalue weighted by Crippen LogP contribution is 2.36. The summed E-state index contributed by atoms with van der Waals surface area (Å²) in [6.07, 6.45) is -0.0802. The summed E-state index contributed by atoms with van der Waals surface area (Å²) in [7, 11) is 0. The van der Waals surface area contributed by atoms with Gasteiger partial charge in [0.05, 0.1) is 47.8 Å². The molecule has 8 rings (SSSR count). The first-order chi connectivity index (χ1) is 29.6. The van der Waals surface area contributed by atoms with Gasteiger partial charge >= 0.3 is 12.1 Å². The van der Waals surface area contributed by atoms with Crippen LogP contribution in [0.15, 0.2) is 42.7 Å². The standard InChI is InChI=1S/C41H48ClF3N12O5/c42-32-16-27(1-3-30(32)40(62)55-11-9-54(10-12-55)39(61)25-6-13-57(14-7-25,23-34(58)59)22-24-17-47-18-24)51-38(60)37-49-19-28(50-37)15-31-35(52-53-36(31)41(43,44)45)33-4-2-29(20-48-33)56-8-5-26(46)21-56/h1-4,16,19-20,24-26,47H,5-15,17-18,21-23,46H2,(H3-,48,49,50,51,52,53,58,59,60,62)/p+1/t25?,26-,57?/m0/s1. The van der Waals surface area contributed by atoms with Crippen molar-refractivity contribution in [3.8, 4) is 11.4 Å². The number of imidazole rings is 1. The molecule has 7 N–H and O–H groups in total. The molecule has 1 atom stereocenters. The van der Waals surface area contributed by atoms with Crippen molar-refractivity contribution >= 4 is 46.7 Å². The van der Waals surface area contributed by atoms with Gasteiger partial charge in [0.15, 0.2) is 12.4 Å². The molecule has 3 amide bonds. The quantitative estimate of drug-likeness (QED) is 0.114. The fraction of sp³-hybridized carbons (Fsp3) is 0.488. The minimum atomic E-state index is -4.74. The summed E-state index contributed by atoms with van der Waals surface area (Å²) < 4.78 is 42.8. The summed E-state index contributed by atoms with van der Waals surface area (Å²) in [6.45, 7) is 6.72. The zero-order valence-corrected chi connectivity index (χ0v) is 34.6. The van der Waals surface area contributed by atoms with Crippen molar-refractivity contribution in [2.45, 2.75) is 37.9 Å². The Morgan fingerprint density at radius 3 is 2.32 bits per heavy atom. The van der Waals surface area contributed by atoms with Gasteiger partial charge in [-0.2, -0.15) is 18.3 Å². The van der Waals surface area contributed by atoms with E-state index in [0.717, 1.165) is 38.3 Å². The number of nitrogens with one attached hydrogen (secondary N) is 4. The Hall–Kier alpha value is -5.57.